The van der Waals surface area contributed by atoms with Crippen LogP contribution in [0.25, 0.3) is 16.5 Å². The molecule has 5 rings (SSSR count). The van der Waals surface area contributed by atoms with Crippen molar-refractivity contribution in [1.82, 2.24) is 9.88 Å². The molecule has 2 heterocycles. The van der Waals surface area contributed by atoms with Gasteiger partial charge in [-0.2, -0.15) is 0 Å². The molecule has 1 aliphatic heterocycles. The number of amides is 1. The first-order chi connectivity index (χ1) is 16.1. The predicted molar refractivity (Wildman–Crippen MR) is 130 cm³/mol. The van der Waals surface area contributed by atoms with E-state index in [9.17, 15) is 4.79 Å². The SMILES string of the molecule is COc1ccc2nccc(C3=C[C@H]4CN(C(=O)OCc5ccccc5)CC[C@@]4(C)CC3)c2c1. The highest BCUT2D eigenvalue weighted by Gasteiger charge is 2.42. The molecule has 1 fully saturated rings. The highest BCUT2D eigenvalue weighted by atomic mass is 16.6. The Kier molecular flexibility index (Phi) is 5.79. The fraction of sp³-hybridized carbons (Fsp3) is 0.357. The molecule has 1 aliphatic carbocycles. The second-order valence-electron chi connectivity index (χ2n) is 9.43. The quantitative estimate of drug-likeness (QED) is 0.491. The van der Waals surface area contributed by atoms with Crippen molar-refractivity contribution < 1.29 is 14.3 Å². The standard InChI is InChI=1S/C28H30N2O3/c1-28-12-10-21(24-11-14-29-26-9-8-23(32-2)17-25(24)26)16-22(28)18-30(15-13-28)27(31)33-19-20-6-4-3-5-7-20/h3-9,11,14,16-17,22H,10,12-13,15,18-19H2,1-2H3/t22-,28+/m0/s1. The molecular weight excluding hydrogens is 412 g/mol. The van der Waals surface area contributed by atoms with Gasteiger partial charge in [-0.05, 0) is 65.6 Å². The molecule has 0 radical (unpaired) electrons. The predicted octanol–water partition coefficient (Wildman–Crippen LogP) is 6.09. The van der Waals surface area contributed by atoms with Gasteiger partial charge in [0.25, 0.3) is 0 Å². The molecule has 1 aromatic heterocycles. The van der Waals surface area contributed by atoms with Crippen LogP contribution in [0.15, 0.2) is 66.9 Å². The number of piperidine rings is 1. The zero-order valence-corrected chi connectivity index (χ0v) is 19.3. The lowest BCUT2D eigenvalue weighted by molar-refractivity contribution is 0.0401. The maximum Gasteiger partial charge on any atom is 0.410 e. The lowest BCUT2D eigenvalue weighted by Crippen LogP contribution is -2.48. The molecular formula is C28H30N2O3. The van der Waals surface area contributed by atoms with Crippen LogP contribution < -0.4 is 4.74 Å². The molecule has 5 heteroatoms. The molecule has 2 atom stereocenters. The molecule has 33 heavy (non-hydrogen) atoms. The van der Waals surface area contributed by atoms with Crippen LogP contribution in [-0.4, -0.2) is 36.2 Å². The Morgan fingerprint density at radius 3 is 2.82 bits per heavy atom. The first-order valence-electron chi connectivity index (χ1n) is 11.7. The Labute approximate surface area is 195 Å². The first kappa shape index (κ1) is 21.5. The highest BCUT2D eigenvalue weighted by molar-refractivity contribution is 5.92. The monoisotopic (exact) mass is 442 g/mol. The van der Waals surface area contributed by atoms with Crippen molar-refractivity contribution in [3.05, 3.63) is 78.0 Å². The zero-order chi connectivity index (χ0) is 22.8. The Balaban J connectivity index is 1.37. The van der Waals surface area contributed by atoms with Gasteiger partial charge in [-0.3, -0.25) is 4.98 Å². The summed E-state index contributed by atoms with van der Waals surface area (Å²) in [6, 6.07) is 18.0. The Hall–Kier alpha value is -3.34. The summed E-state index contributed by atoms with van der Waals surface area (Å²) in [5.41, 5.74) is 4.73. The molecule has 170 valence electrons. The van der Waals surface area contributed by atoms with E-state index in [1.807, 2.05) is 53.6 Å². The summed E-state index contributed by atoms with van der Waals surface area (Å²) in [4.78, 5) is 19.2. The molecule has 0 bridgehead atoms. The van der Waals surface area contributed by atoms with E-state index in [-0.39, 0.29) is 11.5 Å². The molecule has 2 aromatic carbocycles. The lowest BCUT2D eigenvalue weighted by atomic mass is 9.64. The third kappa shape index (κ3) is 4.32. The average Bonchev–Trinajstić information content (AvgIpc) is 2.86. The summed E-state index contributed by atoms with van der Waals surface area (Å²) in [5, 5.41) is 1.11. The minimum absolute atomic E-state index is 0.209. The normalized spacial score (nSPS) is 22.4. The molecule has 0 spiro atoms. The zero-order valence-electron chi connectivity index (χ0n) is 19.3. The molecule has 0 unspecified atom stereocenters. The number of pyridine rings is 1. The van der Waals surface area contributed by atoms with Crippen molar-refractivity contribution in [2.75, 3.05) is 20.2 Å². The van der Waals surface area contributed by atoms with Gasteiger partial charge in [0.2, 0.25) is 0 Å². The summed E-state index contributed by atoms with van der Waals surface area (Å²) >= 11 is 0. The van der Waals surface area contributed by atoms with E-state index in [0.717, 1.165) is 48.0 Å². The van der Waals surface area contributed by atoms with Gasteiger partial charge in [0.05, 0.1) is 12.6 Å². The fourth-order valence-electron chi connectivity index (χ4n) is 5.17. The van der Waals surface area contributed by atoms with Crippen molar-refractivity contribution in [3.8, 4) is 5.75 Å². The number of ether oxygens (including phenoxy) is 2. The number of fused-ring (bicyclic) bond motifs is 2. The van der Waals surface area contributed by atoms with Crippen LogP contribution in [-0.2, 0) is 11.3 Å². The van der Waals surface area contributed by atoms with Gasteiger partial charge >= 0.3 is 6.09 Å². The first-order valence-corrected chi connectivity index (χ1v) is 11.7. The molecule has 1 amide bonds. The fourth-order valence-corrected chi connectivity index (χ4v) is 5.17. The number of methoxy groups -OCH3 is 1. The number of allylic oxidation sites excluding steroid dienone is 1. The van der Waals surface area contributed by atoms with Crippen molar-refractivity contribution in [2.45, 2.75) is 32.8 Å². The van der Waals surface area contributed by atoms with Crippen LogP contribution in [0.1, 0.15) is 37.3 Å². The smallest absolute Gasteiger partial charge is 0.410 e. The Morgan fingerprint density at radius 1 is 1.15 bits per heavy atom. The van der Waals surface area contributed by atoms with Crippen molar-refractivity contribution in [3.63, 3.8) is 0 Å². The second-order valence-corrected chi connectivity index (χ2v) is 9.43. The number of carbonyl (C=O) groups excluding carboxylic acids is 1. The van der Waals surface area contributed by atoms with Crippen LogP contribution in [0.4, 0.5) is 4.79 Å². The van der Waals surface area contributed by atoms with E-state index in [1.54, 1.807) is 7.11 Å². The van der Waals surface area contributed by atoms with Gasteiger partial charge < -0.3 is 14.4 Å². The summed E-state index contributed by atoms with van der Waals surface area (Å²) in [6.45, 7) is 4.12. The highest BCUT2D eigenvalue weighted by Crippen LogP contribution is 2.48. The van der Waals surface area contributed by atoms with Crippen LogP contribution in [0.5, 0.6) is 5.75 Å². The number of rotatable bonds is 4. The van der Waals surface area contributed by atoms with E-state index in [4.69, 9.17) is 9.47 Å². The van der Waals surface area contributed by atoms with E-state index in [0.29, 0.717) is 19.1 Å². The van der Waals surface area contributed by atoms with Crippen molar-refractivity contribution in [2.24, 2.45) is 11.3 Å². The third-order valence-corrected chi connectivity index (χ3v) is 7.39. The van der Waals surface area contributed by atoms with Gasteiger partial charge in [-0.1, -0.05) is 43.3 Å². The maximum atomic E-state index is 12.8. The minimum atomic E-state index is -0.222. The van der Waals surface area contributed by atoms with Gasteiger partial charge in [-0.25, -0.2) is 4.79 Å². The van der Waals surface area contributed by atoms with E-state index < -0.39 is 0 Å². The molecule has 0 saturated carbocycles. The van der Waals surface area contributed by atoms with Crippen LogP contribution in [0.3, 0.4) is 0 Å². The largest absolute Gasteiger partial charge is 0.497 e. The number of benzene rings is 2. The number of likely N-dealkylation sites (tertiary alicyclic amines) is 1. The van der Waals surface area contributed by atoms with Crippen LogP contribution in [0, 0.1) is 11.3 Å². The molecule has 5 nitrogen and oxygen atoms in total. The van der Waals surface area contributed by atoms with E-state index in [2.05, 4.69) is 30.1 Å². The van der Waals surface area contributed by atoms with E-state index >= 15 is 0 Å². The summed E-state index contributed by atoms with van der Waals surface area (Å²) in [7, 11) is 1.69. The topological polar surface area (TPSA) is 51.7 Å². The van der Waals surface area contributed by atoms with Gasteiger partial charge in [-0.15, -0.1) is 0 Å². The number of nitrogens with zero attached hydrogens (tertiary/aromatic N) is 2. The Morgan fingerprint density at radius 2 is 2.00 bits per heavy atom. The minimum Gasteiger partial charge on any atom is -0.497 e. The molecule has 1 saturated heterocycles. The molecule has 0 N–H and O–H groups in total. The van der Waals surface area contributed by atoms with Gasteiger partial charge in [0.15, 0.2) is 0 Å². The van der Waals surface area contributed by atoms with Crippen molar-refractivity contribution >= 4 is 22.6 Å². The third-order valence-electron chi connectivity index (χ3n) is 7.39. The number of aromatic nitrogens is 1. The van der Waals surface area contributed by atoms with Gasteiger partial charge in [0, 0.05) is 30.6 Å². The second kappa shape index (κ2) is 8.89. The van der Waals surface area contributed by atoms with E-state index in [1.165, 1.54) is 11.1 Å². The average molecular weight is 443 g/mol. The number of hydrogen-bond donors (Lipinski definition) is 0. The summed E-state index contributed by atoms with van der Waals surface area (Å²) in [5.74, 6) is 1.14. The number of carbonyl (C=O) groups is 1. The lowest BCUT2D eigenvalue weighted by Gasteiger charge is -2.47. The Bertz CT molecular complexity index is 1190. The summed E-state index contributed by atoms with van der Waals surface area (Å²) in [6.07, 6.45) is 7.19. The maximum absolute atomic E-state index is 12.8. The van der Waals surface area contributed by atoms with Crippen LogP contribution >= 0.6 is 0 Å². The van der Waals surface area contributed by atoms with Gasteiger partial charge in [0.1, 0.15) is 12.4 Å². The number of hydrogen-bond acceptors (Lipinski definition) is 4. The van der Waals surface area contributed by atoms with Crippen molar-refractivity contribution in [1.29, 1.82) is 0 Å². The molecule has 2 aliphatic rings. The van der Waals surface area contributed by atoms with Crippen LogP contribution in [0.2, 0.25) is 0 Å². The molecule has 3 aromatic rings. The summed E-state index contributed by atoms with van der Waals surface area (Å²) < 4.78 is 11.1.